The molecule has 29 heavy (non-hydrogen) atoms. The smallest absolute Gasteiger partial charge is 0.248 e. The maximum Gasteiger partial charge on any atom is 0.248 e. The number of carbonyl (C=O) groups is 1. The van der Waals surface area contributed by atoms with Crippen LogP contribution in [-0.2, 0) is 26.1 Å². The fraction of sp³-hybridized carbons (Fsp3) is 0.579. The number of ether oxygens (including phenoxy) is 1. The predicted molar refractivity (Wildman–Crippen MR) is 103 cm³/mol. The van der Waals surface area contributed by atoms with Crippen molar-refractivity contribution in [2.45, 2.75) is 38.1 Å². The molecular formula is C19H27N3O6S. The van der Waals surface area contributed by atoms with Crippen LogP contribution in [0.2, 0.25) is 0 Å². The Hall–Kier alpha value is -2.17. The number of aryl methyl sites for hydroxylation is 2. The average Bonchev–Trinajstić information content (AvgIpc) is 3.34. The SMILES string of the molecule is COCCN(Cc1ccco1)C(=O)C1CCCN(S(=O)(=O)c2c(C)noc2C)C1. The van der Waals surface area contributed by atoms with Crippen LogP contribution in [0.5, 0.6) is 0 Å². The summed E-state index contributed by atoms with van der Waals surface area (Å²) in [6.45, 7) is 4.80. The van der Waals surface area contributed by atoms with Crippen LogP contribution in [0.25, 0.3) is 0 Å². The molecule has 0 aromatic carbocycles. The number of furan rings is 1. The van der Waals surface area contributed by atoms with Gasteiger partial charge in [-0.25, -0.2) is 8.42 Å². The normalized spacial score (nSPS) is 18.1. The molecule has 0 spiro atoms. The standard InChI is InChI=1S/C19H27N3O6S/c1-14-18(15(2)28-20-14)29(24,25)22-8-4-6-16(12-22)19(23)21(9-11-26-3)13-17-7-5-10-27-17/h5,7,10,16H,4,6,8-9,11-13H2,1-3H3. The van der Waals surface area contributed by atoms with Crippen molar-refractivity contribution in [3.05, 3.63) is 35.6 Å². The van der Waals surface area contributed by atoms with Crippen LogP contribution >= 0.6 is 0 Å². The van der Waals surface area contributed by atoms with Crippen molar-refractivity contribution in [1.82, 2.24) is 14.4 Å². The van der Waals surface area contributed by atoms with E-state index in [-0.39, 0.29) is 23.1 Å². The van der Waals surface area contributed by atoms with E-state index in [1.165, 1.54) is 4.31 Å². The van der Waals surface area contributed by atoms with Gasteiger partial charge in [-0.05, 0) is 38.8 Å². The quantitative estimate of drug-likeness (QED) is 0.636. The molecule has 0 radical (unpaired) electrons. The van der Waals surface area contributed by atoms with E-state index >= 15 is 0 Å². The third-order valence-electron chi connectivity index (χ3n) is 5.10. The van der Waals surface area contributed by atoms with E-state index in [4.69, 9.17) is 13.7 Å². The fourth-order valence-corrected chi connectivity index (χ4v) is 5.47. The Morgan fingerprint density at radius 1 is 1.41 bits per heavy atom. The van der Waals surface area contributed by atoms with Crippen LogP contribution in [0.3, 0.4) is 0 Å². The summed E-state index contributed by atoms with van der Waals surface area (Å²) in [7, 11) is -2.20. The van der Waals surface area contributed by atoms with Crippen LogP contribution in [0.1, 0.15) is 30.1 Å². The van der Waals surface area contributed by atoms with Gasteiger partial charge < -0.3 is 18.6 Å². The van der Waals surface area contributed by atoms with Crippen molar-refractivity contribution in [2.75, 3.05) is 33.4 Å². The average molecular weight is 426 g/mol. The van der Waals surface area contributed by atoms with Crippen molar-refractivity contribution >= 4 is 15.9 Å². The predicted octanol–water partition coefficient (Wildman–Crippen LogP) is 1.96. The summed E-state index contributed by atoms with van der Waals surface area (Å²) < 4.78 is 43.2. The minimum Gasteiger partial charge on any atom is -0.467 e. The highest BCUT2D eigenvalue weighted by molar-refractivity contribution is 7.89. The Balaban J connectivity index is 1.76. The summed E-state index contributed by atoms with van der Waals surface area (Å²) in [6, 6.07) is 3.58. The van der Waals surface area contributed by atoms with E-state index in [1.807, 2.05) is 6.07 Å². The Kier molecular flexibility index (Phi) is 6.76. The van der Waals surface area contributed by atoms with Crippen LogP contribution in [0.4, 0.5) is 0 Å². The molecular weight excluding hydrogens is 398 g/mol. The fourth-order valence-electron chi connectivity index (χ4n) is 3.65. The summed E-state index contributed by atoms with van der Waals surface area (Å²) in [5.41, 5.74) is 0.329. The third kappa shape index (κ3) is 4.71. The van der Waals surface area contributed by atoms with Gasteiger partial charge in [-0.3, -0.25) is 4.79 Å². The topological polar surface area (TPSA) is 106 Å². The number of hydrogen-bond acceptors (Lipinski definition) is 7. The molecule has 2 aromatic heterocycles. The van der Waals surface area contributed by atoms with E-state index in [2.05, 4.69) is 5.16 Å². The molecule has 9 nitrogen and oxygen atoms in total. The van der Waals surface area contributed by atoms with E-state index < -0.39 is 15.9 Å². The lowest BCUT2D eigenvalue weighted by atomic mass is 9.98. The molecule has 1 aliphatic rings. The maximum absolute atomic E-state index is 13.2. The minimum atomic E-state index is -3.78. The molecule has 0 aliphatic carbocycles. The molecule has 1 unspecified atom stereocenters. The number of nitrogens with zero attached hydrogens (tertiary/aromatic N) is 3. The molecule has 3 rings (SSSR count). The number of piperidine rings is 1. The van der Waals surface area contributed by atoms with E-state index in [0.29, 0.717) is 50.5 Å². The van der Waals surface area contributed by atoms with Crippen molar-refractivity contribution in [2.24, 2.45) is 5.92 Å². The second-order valence-electron chi connectivity index (χ2n) is 7.19. The monoisotopic (exact) mass is 425 g/mol. The zero-order valence-electron chi connectivity index (χ0n) is 17.0. The van der Waals surface area contributed by atoms with E-state index in [9.17, 15) is 13.2 Å². The largest absolute Gasteiger partial charge is 0.467 e. The number of amides is 1. The van der Waals surface area contributed by atoms with Gasteiger partial charge >= 0.3 is 0 Å². The lowest BCUT2D eigenvalue weighted by Crippen LogP contribution is -2.47. The molecule has 0 N–H and O–H groups in total. The zero-order valence-corrected chi connectivity index (χ0v) is 17.8. The first-order valence-corrected chi connectivity index (χ1v) is 11.0. The van der Waals surface area contributed by atoms with Crippen LogP contribution in [-0.4, -0.2) is 62.0 Å². The van der Waals surface area contributed by atoms with Gasteiger partial charge in [0.1, 0.15) is 16.3 Å². The van der Waals surface area contributed by atoms with Gasteiger partial charge in [0, 0.05) is 26.7 Å². The van der Waals surface area contributed by atoms with Gasteiger partial charge in [0.15, 0.2) is 5.76 Å². The molecule has 0 bridgehead atoms. The number of rotatable bonds is 8. The Morgan fingerprint density at radius 3 is 2.83 bits per heavy atom. The van der Waals surface area contributed by atoms with Gasteiger partial charge in [0.2, 0.25) is 15.9 Å². The van der Waals surface area contributed by atoms with E-state index in [1.54, 1.807) is 38.2 Å². The highest BCUT2D eigenvalue weighted by Gasteiger charge is 2.37. The van der Waals surface area contributed by atoms with Gasteiger partial charge in [-0.1, -0.05) is 5.16 Å². The molecule has 10 heteroatoms. The first-order valence-electron chi connectivity index (χ1n) is 9.57. The molecule has 1 aliphatic heterocycles. The van der Waals surface area contributed by atoms with Gasteiger partial charge in [0.05, 0.1) is 25.3 Å². The first-order chi connectivity index (χ1) is 13.8. The van der Waals surface area contributed by atoms with E-state index in [0.717, 1.165) is 0 Å². The highest BCUT2D eigenvalue weighted by atomic mass is 32.2. The van der Waals surface area contributed by atoms with Gasteiger partial charge in [-0.2, -0.15) is 4.31 Å². The summed E-state index contributed by atoms with van der Waals surface area (Å²) in [5, 5.41) is 3.75. The Labute approximate surface area is 170 Å². The molecule has 160 valence electrons. The van der Waals surface area contributed by atoms with Crippen LogP contribution in [0.15, 0.2) is 32.2 Å². The number of hydrogen-bond donors (Lipinski definition) is 0. The lowest BCUT2D eigenvalue weighted by molar-refractivity contribution is -0.138. The van der Waals surface area contributed by atoms with Gasteiger partial charge in [-0.15, -0.1) is 0 Å². The molecule has 2 aromatic rings. The van der Waals surface area contributed by atoms with Crippen molar-refractivity contribution in [3.63, 3.8) is 0 Å². The third-order valence-corrected chi connectivity index (χ3v) is 7.21. The molecule has 1 saturated heterocycles. The molecule has 1 atom stereocenters. The Bertz CT molecular complexity index is 902. The molecule has 1 amide bonds. The van der Waals surface area contributed by atoms with Crippen LogP contribution in [0, 0.1) is 19.8 Å². The molecule has 1 fully saturated rings. The first kappa shape index (κ1) is 21.5. The summed E-state index contributed by atoms with van der Waals surface area (Å²) in [6.07, 6.45) is 2.80. The summed E-state index contributed by atoms with van der Waals surface area (Å²) >= 11 is 0. The number of carbonyl (C=O) groups excluding carboxylic acids is 1. The number of aromatic nitrogens is 1. The second kappa shape index (κ2) is 9.10. The number of sulfonamides is 1. The van der Waals surface area contributed by atoms with Crippen molar-refractivity contribution in [3.8, 4) is 0 Å². The molecule has 3 heterocycles. The summed E-state index contributed by atoms with van der Waals surface area (Å²) in [5.74, 6) is 0.406. The highest BCUT2D eigenvalue weighted by Crippen LogP contribution is 2.28. The number of methoxy groups -OCH3 is 1. The van der Waals surface area contributed by atoms with Crippen molar-refractivity contribution in [1.29, 1.82) is 0 Å². The van der Waals surface area contributed by atoms with Crippen LogP contribution < -0.4 is 0 Å². The van der Waals surface area contributed by atoms with Crippen molar-refractivity contribution < 1.29 is 26.9 Å². The second-order valence-corrected chi connectivity index (χ2v) is 9.06. The summed E-state index contributed by atoms with van der Waals surface area (Å²) in [4.78, 5) is 15.0. The molecule has 0 saturated carbocycles. The maximum atomic E-state index is 13.2. The van der Waals surface area contributed by atoms with Gasteiger partial charge in [0.25, 0.3) is 0 Å². The lowest BCUT2D eigenvalue weighted by Gasteiger charge is -2.34. The Morgan fingerprint density at radius 2 is 2.21 bits per heavy atom. The zero-order chi connectivity index (χ0) is 21.0. The minimum absolute atomic E-state index is 0.0948.